The van der Waals surface area contributed by atoms with Gasteiger partial charge in [0.2, 0.25) is 0 Å². The lowest BCUT2D eigenvalue weighted by Gasteiger charge is -2.36. The fourth-order valence-electron chi connectivity index (χ4n) is 6.79. The van der Waals surface area contributed by atoms with Crippen LogP contribution in [0.4, 0.5) is 25.2 Å². The van der Waals surface area contributed by atoms with Gasteiger partial charge < -0.3 is 39.5 Å². The lowest BCUT2D eigenvalue weighted by Crippen LogP contribution is -2.50. The Bertz CT molecular complexity index is 2200. The third kappa shape index (κ3) is 10.2. The number of nitrogens with one attached hydrogen (secondary N) is 3. The molecule has 0 bridgehead atoms. The summed E-state index contributed by atoms with van der Waals surface area (Å²) in [4.78, 5) is 55.4. The third-order valence-corrected chi connectivity index (χ3v) is 11.9. The van der Waals surface area contributed by atoms with Gasteiger partial charge in [0, 0.05) is 81.7 Å². The van der Waals surface area contributed by atoms with Crippen LogP contribution >= 0.6 is 22.7 Å². The van der Waals surface area contributed by atoms with E-state index < -0.39 is 5.60 Å². The Balaban J connectivity index is 1.06. The normalized spacial score (nSPS) is 14.3. The van der Waals surface area contributed by atoms with E-state index in [0.717, 1.165) is 53.7 Å². The van der Waals surface area contributed by atoms with Gasteiger partial charge in [-0.2, -0.15) is 0 Å². The van der Waals surface area contributed by atoms with Gasteiger partial charge in [0.05, 0.1) is 23.4 Å². The number of thiophene rings is 1. The van der Waals surface area contributed by atoms with Crippen LogP contribution in [0.3, 0.4) is 0 Å². The minimum atomic E-state index is -0.524. The molecule has 7 rings (SSSR count). The molecule has 3 aromatic heterocycles. The van der Waals surface area contributed by atoms with Gasteiger partial charge in [-0.25, -0.2) is 24.4 Å². The molecule has 0 atom stereocenters. The molecule has 0 aliphatic carbocycles. The maximum Gasteiger partial charge on any atom is 0.410 e. The van der Waals surface area contributed by atoms with E-state index in [4.69, 9.17) is 24.2 Å². The highest BCUT2D eigenvalue weighted by Gasteiger charge is 2.31. The van der Waals surface area contributed by atoms with Crippen molar-refractivity contribution in [3.63, 3.8) is 0 Å². The number of carbonyl (C=O) groups excluding carboxylic acids is 3. The molecule has 5 heterocycles. The van der Waals surface area contributed by atoms with Gasteiger partial charge in [0.15, 0.2) is 0 Å². The summed E-state index contributed by atoms with van der Waals surface area (Å²) in [7, 11) is 1.65. The van der Waals surface area contributed by atoms with E-state index >= 15 is 0 Å². The van der Waals surface area contributed by atoms with Crippen molar-refractivity contribution in [1.82, 2.24) is 30.4 Å². The van der Waals surface area contributed by atoms with Crippen LogP contribution in [0.1, 0.15) is 36.8 Å². The number of thiazole rings is 1. The zero-order valence-electron chi connectivity index (χ0n) is 33.3. The van der Waals surface area contributed by atoms with E-state index in [1.807, 2.05) is 69.4 Å². The number of aromatic nitrogens is 2. The number of urea groups is 1. The van der Waals surface area contributed by atoms with Gasteiger partial charge in [-0.05, 0) is 68.1 Å². The molecular weight excluding hydrogens is 777 g/mol. The second-order valence-corrected chi connectivity index (χ2v) is 17.2. The molecule has 0 saturated carbocycles. The molecule has 0 radical (unpaired) electrons. The summed E-state index contributed by atoms with van der Waals surface area (Å²) in [5, 5.41) is 10.8. The molecular formula is C42H50N8O6S2. The third-order valence-electron chi connectivity index (χ3n) is 9.76. The summed E-state index contributed by atoms with van der Waals surface area (Å²) in [6, 6.07) is 19.6. The standard InChI is InChI=1S/C42H50N8O6S2/c1-42(2,3)56-41(53)49-21-19-48(20-22-49)35-13-11-30(25-45-35)29-10-12-32-33(24-29)57-37(46-32)36-31-14-18-50(40(52)55-27-28-8-6-5-7-9-28)26-34(31)58-38(36)47-39(51)44-16-15-43-17-23-54-4/h5-13,24-25,43H,14-23,26-27H2,1-4H3,(H2,44,47,51). The van der Waals surface area contributed by atoms with Crippen LogP contribution in [0.15, 0.2) is 66.9 Å². The Morgan fingerprint density at radius 3 is 2.40 bits per heavy atom. The van der Waals surface area contributed by atoms with Crippen LogP contribution in [0.25, 0.3) is 31.9 Å². The SMILES string of the molecule is COCCNCCNC(=O)Nc1sc2c(c1-c1nc3ccc(-c4ccc(N5CCN(C(=O)OC(C)(C)C)CC5)nc4)cc3s1)CCN(C(=O)OCc1ccccc1)C2. The molecule has 2 aliphatic heterocycles. The smallest absolute Gasteiger partial charge is 0.410 e. The van der Waals surface area contributed by atoms with E-state index in [0.29, 0.717) is 76.9 Å². The van der Waals surface area contributed by atoms with Gasteiger partial charge >= 0.3 is 18.2 Å². The fourth-order valence-corrected chi connectivity index (χ4v) is 9.20. The molecule has 2 aliphatic rings. The zero-order valence-corrected chi connectivity index (χ0v) is 35.0. The molecule has 3 N–H and O–H groups in total. The highest BCUT2D eigenvalue weighted by molar-refractivity contribution is 7.23. The van der Waals surface area contributed by atoms with Crippen molar-refractivity contribution < 1.29 is 28.6 Å². The number of anilines is 2. The van der Waals surface area contributed by atoms with E-state index in [1.54, 1.807) is 28.2 Å². The van der Waals surface area contributed by atoms with Gasteiger partial charge in [-0.3, -0.25) is 5.32 Å². The van der Waals surface area contributed by atoms with Crippen molar-refractivity contribution in [3.8, 4) is 21.7 Å². The molecule has 2 aromatic carbocycles. The van der Waals surface area contributed by atoms with E-state index in [2.05, 4.69) is 39.0 Å². The van der Waals surface area contributed by atoms with E-state index in [1.165, 1.54) is 11.3 Å². The maximum atomic E-state index is 13.2. The molecule has 5 aromatic rings. The average Bonchev–Trinajstić information content (AvgIpc) is 3.81. The number of pyridine rings is 1. The number of hydrogen-bond donors (Lipinski definition) is 3. The summed E-state index contributed by atoms with van der Waals surface area (Å²) in [6.07, 6.45) is 1.84. The van der Waals surface area contributed by atoms with Crippen LogP contribution in [-0.4, -0.2) is 110 Å². The van der Waals surface area contributed by atoms with Crippen LogP contribution in [-0.2, 0) is 33.8 Å². The van der Waals surface area contributed by atoms with E-state index in [9.17, 15) is 14.4 Å². The lowest BCUT2D eigenvalue weighted by atomic mass is 10.0. The topological polar surface area (TPSA) is 150 Å². The van der Waals surface area contributed by atoms with Gasteiger partial charge in [-0.15, -0.1) is 22.7 Å². The molecule has 1 fully saturated rings. The second kappa shape index (κ2) is 18.5. The molecule has 0 spiro atoms. The Hall–Kier alpha value is -5.29. The number of ether oxygens (including phenoxy) is 3. The van der Waals surface area contributed by atoms with Crippen molar-refractivity contribution in [2.45, 2.75) is 45.9 Å². The number of hydrogen-bond acceptors (Lipinski definition) is 12. The zero-order chi connectivity index (χ0) is 40.6. The summed E-state index contributed by atoms with van der Waals surface area (Å²) in [6.45, 7) is 11.5. The summed E-state index contributed by atoms with van der Waals surface area (Å²) in [5.74, 6) is 0.866. The number of methoxy groups -OCH3 is 1. The number of piperazine rings is 1. The summed E-state index contributed by atoms with van der Waals surface area (Å²) in [5.41, 5.74) is 5.24. The number of amides is 4. The molecule has 14 nitrogen and oxygen atoms in total. The average molecular weight is 827 g/mol. The number of rotatable bonds is 12. The Morgan fingerprint density at radius 2 is 1.66 bits per heavy atom. The van der Waals surface area contributed by atoms with Gasteiger partial charge in [0.1, 0.15) is 28.0 Å². The molecule has 16 heteroatoms. The first-order valence-electron chi connectivity index (χ1n) is 19.5. The quantitative estimate of drug-likeness (QED) is 0.110. The van der Waals surface area contributed by atoms with Crippen molar-refractivity contribution in [3.05, 3.63) is 82.9 Å². The van der Waals surface area contributed by atoms with Crippen LogP contribution < -0.4 is 20.9 Å². The molecule has 58 heavy (non-hydrogen) atoms. The summed E-state index contributed by atoms with van der Waals surface area (Å²) >= 11 is 3.05. The van der Waals surface area contributed by atoms with Crippen molar-refractivity contribution >= 4 is 61.9 Å². The predicted octanol–water partition coefficient (Wildman–Crippen LogP) is 7.20. The minimum Gasteiger partial charge on any atom is -0.445 e. The minimum absolute atomic E-state index is 0.203. The molecule has 1 saturated heterocycles. The highest BCUT2D eigenvalue weighted by Crippen LogP contribution is 2.46. The Morgan fingerprint density at radius 1 is 0.862 bits per heavy atom. The molecule has 4 amide bonds. The van der Waals surface area contributed by atoms with Gasteiger partial charge in [0.25, 0.3) is 0 Å². The number of fused-ring (bicyclic) bond motifs is 2. The van der Waals surface area contributed by atoms with Crippen LogP contribution in [0.2, 0.25) is 0 Å². The fraction of sp³-hybridized carbons (Fsp3) is 0.405. The Kier molecular flexibility index (Phi) is 13.1. The number of benzene rings is 2. The van der Waals surface area contributed by atoms with Gasteiger partial charge in [-0.1, -0.05) is 36.4 Å². The van der Waals surface area contributed by atoms with Crippen molar-refractivity contribution in [1.29, 1.82) is 0 Å². The van der Waals surface area contributed by atoms with Crippen LogP contribution in [0, 0.1) is 0 Å². The first-order valence-corrected chi connectivity index (χ1v) is 21.1. The Labute approximate surface area is 346 Å². The predicted molar refractivity (Wildman–Crippen MR) is 229 cm³/mol. The van der Waals surface area contributed by atoms with Crippen molar-refractivity contribution in [2.75, 3.05) is 76.3 Å². The monoisotopic (exact) mass is 826 g/mol. The first-order chi connectivity index (χ1) is 28.0. The first kappa shape index (κ1) is 40.9. The highest BCUT2D eigenvalue weighted by atomic mass is 32.1. The van der Waals surface area contributed by atoms with Crippen molar-refractivity contribution in [2.24, 2.45) is 0 Å². The maximum absolute atomic E-state index is 13.2. The number of carbonyl (C=O) groups is 3. The number of nitrogens with zero attached hydrogens (tertiary/aromatic N) is 5. The summed E-state index contributed by atoms with van der Waals surface area (Å²) < 4.78 is 17.3. The molecule has 0 unspecified atom stereocenters. The second-order valence-electron chi connectivity index (χ2n) is 15.1. The van der Waals surface area contributed by atoms with Crippen LogP contribution in [0.5, 0.6) is 0 Å². The van der Waals surface area contributed by atoms with E-state index in [-0.39, 0.29) is 24.8 Å². The molecule has 306 valence electrons. The largest absolute Gasteiger partial charge is 0.445 e. The lowest BCUT2D eigenvalue weighted by molar-refractivity contribution is 0.0240.